The Morgan fingerprint density at radius 1 is 1.32 bits per heavy atom. The van der Waals surface area contributed by atoms with Crippen LogP contribution in [-0.4, -0.2) is 24.5 Å². The number of nitrogens with one attached hydrogen (secondary N) is 2. The first-order chi connectivity index (χ1) is 10.7. The topological polar surface area (TPSA) is 49.3 Å². The van der Waals surface area contributed by atoms with Crippen molar-refractivity contribution in [1.82, 2.24) is 15.6 Å². The first kappa shape index (κ1) is 16.5. The smallest absolute Gasteiger partial charge is 0.191 e. The third-order valence-electron chi connectivity index (χ3n) is 3.37. The molecule has 1 aromatic carbocycles. The summed E-state index contributed by atoms with van der Waals surface area (Å²) in [5.41, 5.74) is 2.64. The highest BCUT2D eigenvalue weighted by atomic mass is 32.1. The van der Waals surface area contributed by atoms with Gasteiger partial charge in [-0.1, -0.05) is 36.8 Å². The number of aromatic nitrogens is 1. The summed E-state index contributed by atoms with van der Waals surface area (Å²) in [7, 11) is 1.79. The van der Waals surface area contributed by atoms with Crippen molar-refractivity contribution in [2.24, 2.45) is 4.99 Å². The van der Waals surface area contributed by atoms with Gasteiger partial charge in [-0.3, -0.25) is 4.99 Å². The van der Waals surface area contributed by atoms with Gasteiger partial charge in [0.2, 0.25) is 0 Å². The van der Waals surface area contributed by atoms with Gasteiger partial charge in [0, 0.05) is 24.7 Å². The Hall–Kier alpha value is -1.88. The molecule has 22 heavy (non-hydrogen) atoms. The van der Waals surface area contributed by atoms with Crippen LogP contribution in [-0.2, 0) is 19.4 Å². The van der Waals surface area contributed by atoms with Gasteiger partial charge < -0.3 is 10.6 Å². The number of thiazole rings is 1. The summed E-state index contributed by atoms with van der Waals surface area (Å²) in [6.45, 7) is 5.85. The highest BCUT2D eigenvalue weighted by molar-refractivity contribution is 7.11. The average Bonchev–Trinajstić information content (AvgIpc) is 2.99. The van der Waals surface area contributed by atoms with Crippen LogP contribution in [0.25, 0.3) is 0 Å². The molecular weight excluding hydrogens is 292 g/mol. The molecule has 0 aliphatic rings. The van der Waals surface area contributed by atoms with Gasteiger partial charge in [0.25, 0.3) is 0 Å². The van der Waals surface area contributed by atoms with Crippen LogP contribution in [0.1, 0.15) is 27.9 Å². The van der Waals surface area contributed by atoms with Gasteiger partial charge >= 0.3 is 0 Å². The van der Waals surface area contributed by atoms with Crippen LogP contribution >= 0.6 is 11.3 Å². The van der Waals surface area contributed by atoms with E-state index in [4.69, 9.17) is 0 Å². The lowest BCUT2D eigenvalue weighted by atomic mass is 10.1. The van der Waals surface area contributed by atoms with Gasteiger partial charge in [0.15, 0.2) is 5.96 Å². The van der Waals surface area contributed by atoms with Crippen molar-refractivity contribution in [3.05, 3.63) is 51.5 Å². The molecule has 5 heteroatoms. The maximum Gasteiger partial charge on any atom is 0.191 e. The Morgan fingerprint density at radius 3 is 2.86 bits per heavy atom. The Balaban J connectivity index is 1.75. The lowest BCUT2D eigenvalue weighted by molar-refractivity contribution is 0.791. The fourth-order valence-electron chi connectivity index (χ4n) is 2.17. The second-order valence-electron chi connectivity index (χ2n) is 5.17. The van der Waals surface area contributed by atoms with E-state index in [1.807, 2.05) is 6.20 Å². The fourth-order valence-corrected chi connectivity index (χ4v) is 2.97. The molecule has 0 aliphatic carbocycles. The molecule has 1 aromatic heterocycles. The van der Waals surface area contributed by atoms with Gasteiger partial charge in [-0.25, -0.2) is 4.98 Å². The molecule has 0 unspecified atom stereocenters. The number of nitrogens with zero attached hydrogens (tertiary/aromatic N) is 2. The van der Waals surface area contributed by atoms with Gasteiger partial charge in [-0.05, 0) is 25.3 Å². The lowest BCUT2D eigenvalue weighted by Gasteiger charge is -2.11. The minimum Gasteiger partial charge on any atom is -0.356 e. The van der Waals surface area contributed by atoms with Gasteiger partial charge in [0.1, 0.15) is 5.01 Å². The standard InChI is InChI=1S/C17H24N4S/c1-4-15-11-20-16(22-15)12-21-17(18-3)19-9-8-14-7-5-6-13(2)10-14/h5-7,10-11H,4,8-9,12H2,1-3H3,(H2,18,19,21). The number of hydrogen-bond donors (Lipinski definition) is 2. The molecule has 2 aromatic rings. The third-order valence-corrected chi connectivity index (χ3v) is 4.51. The number of rotatable bonds is 6. The first-order valence-electron chi connectivity index (χ1n) is 7.65. The summed E-state index contributed by atoms with van der Waals surface area (Å²) in [5, 5.41) is 7.75. The fraction of sp³-hybridized carbons (Fsp3) is 0.412. The van der Waals surface area contributed by atoms with E-state index in [1.165, 1.54) is 16.0 Å². The Kier molecular flexibility index (Phi) is 6.40. The number of benzene rings is 1. The van der Waals surface area contributed by atoms with Crippen molar-refractivity contribution >= 4 is 17.3 Å². The van der Waals surface area contributed by atoms with E-state index < -0.39 is 0 Å². The molecule has 0 saturated heterocycles. The normalized spacial score (nSPS) is 11.5. The van der Waals surface area contributed by atoms with E-state index in [2.05, 4.69) is 58.7 Å². The van der Waals surface area contributed by atoms with Crippen LogP contribution in [0.4, 0.5) is 0 Å². The van der Waals surface area contributed by atoms with E-state index in [1.54, 1.807) is 18.4 Å². The number of guanidine groups is 1. The zero-order valence-corrected chi connectivity index (χ0v) is 14.3. The second-order valence-corrected chi connectivity index (χ2v) is 6.37. The molecule has 118 valence electrons. The van der Waals surface area contributed by atoms with E-state index in [0.29, 0.717) is 0 Å². The second kappa shape index (κ2) is 8.54. The monoisotopic (exact) mass is 316 g/mol. The third kappa shape index (κ3) is 5.15. The zero-order chi connectivity index (χ0) is 15.8. The predicted molar refractivity (Wildman–Crippen MR) is 94.6 cm³/mol. The van der Waals surface area contributed by atoms with E-state index in [9.17, 15) is 0 Å². The minimum absolute atomic E-state index is 0.717. The molecule has 0 atom stereocenters. The minimum atomic E-state index is 0.717. The molecule has 0 aliphatic heterocycles. The summed E-state index contributed by atoms with van der Waals surface area (Å²) in [6, 6.07) is 8.61. The van der Waals surface area contributed by atoms with Crippen molar-refractivity contribution in [1.29, 1.82) is 0 Å². The number of aryl methyl sites for hydroxylation is 2. The number of hydrogen-bond acceptors (Lipinski definition) is 3. The van der Waals surface area contributed by atoms with E-state index in [-0.39, 0.29) is 0 Å². The molecule has 2 N–H and O–H groups in total. The highest BCUT2D eigenvalue weighted by Crippen LogP contribution is 2.12. The van der Waals surface area contributed by atoms with Crippen molar-refractivity contribution in [2.75, 3.05) is 13.6 Å². The molecule has 1 heterocycles. The molecule has 0 amide bonds. The molecule has 0 spiro atoms. The van der Waals surface area contributed by atoms with Crippen molar-refractivity contribution in [3.63, 3.8) is 0 Å². The summed E-state index contributed by atoms with van der Waals surface area (Å²) in [6.07, 6.45) is 3.98. The summed E-state index contributed by atoms with van der Waals surface area (Å²) < 4.78 is 0. The van der Waals surface area contributed by atoms with Crippen molar-refractivity contribution < 1.29 is 0 Å². The average molecular weight is 316 g/mol. The largest absolute Gasteiger partial charge is 0.356 e. The maximum absolute atomic E-state index is 4.40. The van der Waals surface area contributed by atoms with E-state index in [0.717, 1.165) is 36.9 Å². The Labute approximate surface area is 136 Å². The first-order valence-corrected chi connectivity index (χ1v) is 8.46. The molecule has 0 fully saturated rings. The van der Waals surface area contributed by atoms with Crippen LogP contribution < -0.4 is 10.6 Å². The zero-order valence-electron chi connectivity index (χ0n) is 13.5. The van der Waals surface area contributed by atoms with Crippen molar-refractivity contribution in [3.8, 4) is 0 Å². The molecule has 2 rings (SSSR count). The van der Waals surface area contributed by atoms with Crippen LogP contribution in [0.5, 0.6) is 0 Å². The quantitative estimate of drug-likeness (QED) is 0.636. The Bertz CT molecular complexity index is 619. The highest BCUT2D eigenvalue weighted by Gasteiger charge is 2.02. The Morgan fingerprint density at radius 2 is 2.18 bits per heavy atom. The van der Waals surface area contributed by atoms with Gasteiger partial charge in [-0.15, -0.1) is 11.3 Å². The molecule has 0 saturated carbocycles. The molecular formula is C17H24N4S. The van der Waals surface area contributed by atoms with Gasteiger partial charge in [0.05, 0.1) is 6.54 Å². The summed E-state index contributed by atoms with van der Waals surface area (Å²) in [4.78, 5) is 9.97. The predicted octanol–water partition coefficient (Wildman–Crippen LogP) is 2.92. The van der Waals surface area contributed by atoms with Crippen LogP contribution in [0, 0.1) is 6.92 Å². The van der Waals surface area contributed by atoms with Crippen molar-refractivity contribution in [2.45, 2.75) is 33.2 Å². The van der Waals surface area contributed by atoms with Gasteiger partial charge in [-0.2, -0.15) is 0 Å². The maximum atomic E-state index is 4.40. The molecule has 0 radical (unpaired) electrons. The lowest BCUT2D eigenvalue weighted by Crippen LogP contribution is -2.37. The number of aliphatic imine (C=N–C) groups is 1. The van der Waals surface area contributed by atoms with E-state index >= 15 is 0 Å². The summed E-state index contributed by atoms with van der Waals surface area (Å²) in [5.74, 6) is 0.820. The molecule has 4 nitrogen and oxygen atoms in total. The SMILES string of the molecule is CCc1cnc(CNC(=NC)NCCc2cccc(C)c2)s1. The van der Waals surface area contributed by atoms with Crippen LogP contribution in [0.3, 0.4) is 0 Å². The van der Waals surface area contributed by atoms with Crippen LogP contribution in [0.15, 0.2) is 35.5 Å². The van der Waals surface area contributed by atoms with Crippen LogP contribution in [0.2, 0.25) is 0 Å². The summed E-state index contributed by atoms with van der Waals surface area (Å²) >= 11 is 1.75. The molecule has 0 bridgehead atoms.